The Kier molecular flexibility index (Phi) is 15.2. The van der Waals surface area contributed by atoms with Crippen LogP contribution in [0.2, 0.25) is 0 Å². The van der Waals surface area contributed by atoms with Gasteiger partial charge < -0.3 is 14.8 Å². The van der Waals surface area contributed by atoms with Crippen LogP contribution < -0.4 is 14.8 Å². The van der Waals surface area contributed by atoms with Gasteiger partial charge in [-0.05, 0) is 113 Å². The number of nitrogens with one attached hydrogen (secondary N) is 2. The van der Waals surface area contributed by atoms with Gasteiger partial charge in [-0.1, -0.05) is 35.4 Å². The quantitative estimate of drug-likeness (QED) is 0.126. The third kappa shape index (κ3) is 12.3. The Labute approximate surface area is 339 Å². The number of fused-ring (bicyclic) bond motifs is 6. The number of aromatic nitrogens is 2. The molecule has 1 aliphatic heterocycles. The zero-order valence-corrected chi connectivity index (χ0v) is 35.4. The van der Waals surface area contributed by atoms with Crippen molar-refractivity contribution in [3.8, 4) is 22.8 Å². The first-order valence-corrected chi connectivity index (χ1v) is 22.3. The Balaban J connectivity index is 0.000000235. The summed E-state index contributed by atoms with van der Waals surface area (Å²) in [5, 5.41) is 3.02. The maximum Gasteiger partial charge on any atom is 0.295 e. The molecule has 1 aromatic heterocycles. The summed E-state index contributed by atoms with van der Waals surface area (Å²) in [6.45, 7) is 10.9. The lowest BCUT2D eigenvalue weighted by atomic mass is 10.1. The highest BCUT2D eigenvalue weighted by atomic mass is 32.2. The van der Waals surface area contributed by atoms with Crippen LogP contribution in [0, 0.1) is 63.8 Å². The summed E-state index contributed by atoms with van der Waals surface area (Å²) in [5.41, 5.74) is 5.61. The molecule has 1 unspecified atom stereocenters. The Bertz CT molecular complexity index is 2440. The van der Waals surface area contributed by atoms with Gasteiger partial charge in [0.15, 0.2) is 17.4 Å². The number of hydrogen-bond acceptors (Lipinski definition) is 10. The predicted octanol–water partition coefficient (Wildman–Crippen LogP) is 9.08. The van der Waals surface area contributed by atoms with Gasteiger partial charge in [-0.2, -0.15) is 21.2 Å². The highest BCUT2D eigenvalue weighted by molar-refractivity contribution is 7.86. The molecule has 4 aromatic carbocycles. The zero-order valence-electron chi connectivity index (χ0n) is 32.9. The van der Waals surface area contributed by atoms with Gasteiger partial charge in [0.05, 0.1) is 29.2 Å². The van der Waals surface area contributed by atoms with Crippen molar-refractivity contribution in [2.75, 3.05) is 24.8 Å². The van der Waals surface area contributed by atoms with Crippen LogP contribution in [0.1, 0.15) is 51.8 Å². The van der Waals surface area contributed by atoms with Gasteiger partial charge in [0.25, 0.3) is 20.2 Å². The SMILES string of the molecule is CS(=N)Cc1cc2cc(c1)OCCCCOc1c(ccc(F)c1F)-c1nc(ncc1F)N2.Cc1cc(C)c(S(=O)(=O)O)c(C)c1.Cc1cc(C)c(S(=O)(=O)O)c(C)c1. The van der Waals surface area contributed by atoms with Gasteiger partial charge in [0.1, 0.15) is 11.4 Å². The zero-order chi connectivity index (χ0) is 43.1. The van der Waals surface area contributed by atoms with E-state index in [1.807, 2.05) is 32.2 Å². The first-order valence-electron chi connectivity index (χ1n) is 17.7. The number of nitrogens with zero attached hydrogens (tertiary/aromatic N) is 2. The Hall–Kier alpha value is -4.88. The second kappa shape index (κ2) is 19.2. The predicted molar refractivity (Wildman–Crippen MR) is 218 cm³/mol. The average molecular weight is 863 g/mol. The van der Waals surface area contributed by atoms with Crippen molar-refractivity contribution in [3.63, 3.8) is 0 Å². The summed E-state index contributed by atoms with van der Waals surface area (Å²) in [5.74, 6) is -2.24. The van der Waals surface area contributed by atoms with Gasteiger partial charge >= 0.3 is 0 Å². The van der Waals surface area contributed by atoms with E-state index in [0.29, 0.717) is 58.9 Å². The third-order valence-corrected chi connectivity index (χ3v) is 11.5. The van der Waals surface area contributed by atoms with Crippen molar-refractivity contribution in [2.45, 2.75) is 69.9 Å². The molecule has 0 radical (unpaired) electrons. The molecule has 4 N–H and O–H groups in total. The van der Waals surface area contributed by atoms with Crippen LogP contribution in [-0.4, -0.2) is 55.4 Å². The molecule has 1 aliphatic rings. The molecule has 4 bridgehead atoms. The minimum atomic E-state index is -4.08. The normalized spacial score (nSPS) is 13.3. The number of ether oxygens (including phenoxy) is 2. The maximum absolute atomic E-state index is 14.6. The van der Waals surface area contributed by atoms with E-state index >= 15 is 0 Å². The number of rotatable bonds is 4. The molecule has 0 saturated heterocycles. The molecule has 0 fully saturated rings. The highest BCUT2D eigenvalue weighted by Gasteiger charge is 2.22. The lowest BCUT2D eigenvalue weighted by Gasteiger charge is -2.14. The van der Waals surface area contributed by atoms with Crippen molar-refractivity contribution in [3.05, 3.63) is 117 Å². The maximum atomic E-state index is 14.6. The number of aryl methyl sites for hydroxylation is 6. The molecule has 1 atom stereocenters. The van der Waals surface area contributed by atoms with Gasteiger partial charge in [-0.15, -0.1) is 10.7 Å². The van der Waals surface area contributed by atoms with E-state index in [2.05, 4.69) is 15.3 Å². The largest absolute Gasteiger partial charge is 0.494 e. The van der Waals surface area contributed by atoms with E-state index < -0.39 is 54.1 Å². The van der Waals surface area contributed by atoms with E-state index in [1.54, 1.807) is 58.0 Å². The van der Waals surface area contributed by atoms with Crippen LogP contribution in [-0.2, 0) is 36.7 Å². The van der Waals surface area contributed by atoms with Crippen molar-refractivity contribution >= 4 is 42.6 Å². The second-order valence-corrected chi connectivity index (χ2v) is 18.0. The summed E-state index contributed by atoms with van der Waals surface area (Å²) < 4.78 is 124. The molecule has 2 heterocycles. The van der Waals surface area contributed by atoms with Crippen LogP contribution in [0.5, 0.6) is 11.5 Å². The molecule has 12 nitrogen and oxygen atoms in total. The molecule has 58 heavy (non-hydrogen) atoms. The lowest BCUT2D eigenvalue weighted by molar-refractivity contribution is 0.258. The van der Waals surface area contributed by atoms with Crippen LogP contribution in [0.15, 0.2) is 70.6 Å². The molecule has 6 rings (SSSR count). The van der Waals surface area contributed by atoms with Gasteiger partial charge in [-0.25, -0.2) is 18.7 Å². The smallest absolute Gasteiger partial charge is 0.295 e. The Morgan fingerprint density at radius 1 is 0.759 bits per heavy atom. The van der Waals surface area contributed by atoms with E-state index in [9.17, 15) is 30.0 Å². The second-order valence-electron chi connectivity index (χ2n) is 13.7. The van der Waals surface area contributed by atoms with Gasteiger partial charge in [0, 0.05) is 23.1 Å². The Morgan fingerprint density at radius 2 is 1.28 bits per heavy atom. The van der Waals surface area contributed by atoms with Crippen LogP contribution in [0.3, 0.4) is 0 Å². The average Bonchev–Trinajstić information content (AvgIpc) is 3.07. The molecular formula is C40H45F3N4O8S3. The summed E-state index contributed by atoms with van der Waals surface area (Å²) in [6.07, 6.45) is 3.91. The topological polar surface area (TPSA) is 189 Å². The molecule has 0 aliphatic carbocycles. The van der Waals surface area contributed by atoms with E-state index in [4.69, 9.17) is 23.4 Å². The third-order valence-electron chi connectivity index (χ3n) is 8.43. The first-order chi connectivity index (χ1) is 27.0. The monoisotopic (exact) mass is 862 g/mol. The fourth-order valence-electron chi connectivity index (χ4n) is 6.47. The summed E-state index contributed by atoms with van der Waals surface area (Å²) in [6, 6.07) is 14.6. The number of benzene rings is 4. The lowest BCUT2D eigenvalue weighted by Crippen LogP contribution is -2.06. The summed E-state index contributed by atoms with van der Waals surface area (Å²) >= 11 is 0. The van der Waals surface area contributed by atoms with Crippen molar-refractivity contribution in [1.29, 1.82) is 4.78 Å². The highest BCUT2D eigenvalue weighted by Crippen LogP contribution is 2.35. The van der Waals surface area contributed by atoms with Crippen molar-refractivity contribution in [2.24, 2.45) is 0 Å². The fourth-order valence-corrected chi connectivity index (χ4v) is 9.00. The molecule has 312 valence electrons. The Morgan fingerprint density at radius 3 is 1.78 bits per heavy atom. The van der Waals surface area contributed by atoms with Gasteiger partial charge in [0.2, 0.25) is 11.8 Å². The molecule has 18 heteroatoms. The van der Waals surface area contributed by atoms with E-state index in [-0.39, 0.29) is 33.6 Å². The fraction of sp³-hybridized carbons (Fsp3) is 0.300. The van der Waals surface area contributed by atoms with E-state index in [1.165, 1.54) is 6.07 Å². The van der Waals surface area contributed by atoms with Crippen molar-refractivity contribution < 1.29 is 48.6 Å². The standard InChI is InChI=1S/C22H21F3N4O2S.2C9H12O3S/c1-32(26)12-13-8-14-10-15(9-13)30-6-2-3-7-31-21-16(4-5-17(23)19(21)25)20-18(24)11-27-22(28-14)29-20;2*1-6-4-7(2)9(8(3)5-6)13(10,11)12/h4-5,8-11,26H,2-3,6-7,12H2,1H3,(H,27,28,29);2*4-5H,1-3H3,(H,10,11,12). The van der Waals surface area contributed by atoms with Crippen LogP contribution >= 0.6 is 0 Å². The summed E-state index contributed by atoms with van der Waals surface area (Å²) in [7, 11) is -8.73. The first kappa shape index (κ1) is 45.8. The van der Waals surface area contributed by atoms with Gasteiger partial charge in [-0.3, -0.25) is 13.9 Å². The van der Waals surface area contributed by atoms with Crippen LogP contribution in [0.4, 0.5) is 24.8 Å². The molecule has 0 amide bonds. The molecular weight excluding hydrogens is 818 g/mol. The molecule has 0 saturated carbocycles. The number of hydrogen-bond donors (Lipinski definition) is 4. The number of anilines is 2. The minimum absolute atomic E-state index is 0.00311. The summed E-state index contributed by atoms with van der Waals surface area (Å²) in [4.78, 5) is 8.22. The minimum Gasteiger partial charge on any atom is -0.494 e. The van der Waals surface area contributed by atoms with Crippen LogP contribution in [0.25, 0.3) is 11.3 Å². The molecule has 0 spiro atoms. The molecule has 5 aromatic rings. The number of halogens is 3. The van der Waals surface area contributed by atoms with E-state index in [0.717, 1.165) is 29.0 Å². The van der Waals surface area contributed by atoms with Crippen molar-refractivity contribution in [1.82, 2.24) is 9.97 Å².